The van der Waals surface area contributed by atoms with E-state index >= 15 is 0 Å². The first kappa shape index (κ1) is 17.6. The highest BCUT2D eigenvalue weighted by Crippen LogP contribution is 2.24. The Morgan fingerprint density at radius 1 is 0.885 bits per heavy atom. The van der Waals surface area contributed by atoms with Crippen LogP contribution in [-0.4, -0.2) is 46.9 Å². The summed E-state index contributed by atoms with van der Waals surface area (Å²) in [5.41, 5.74) is 3.99. The molecule has 2 heterocycles. The summed E-state index contributed by atoms with van der Waals surface area (Å²) in [6.45, 7) is 5.73. The van der Waals surface area contributed by atoms with Crippen LogP contribution < -0.4 is 0 Å². The molecule has 0 saturated carbocycles. The van der Waals surface area contributed by atoms with E-state index in [-0.39, 0.29) is 0 Å². The molecule has 0 bridgehead atoms. The van der Waals surface area contributed by atoms with E-state index in [9.17, 15) is 0 Å². The van der Waals surface area contributed by atoms with Gasteiger partial charge in [0.1, 0.15) is 0 Å². The Bertz CT molecular complexity index is 738. The molecule has 3 nitrogen and oxygen atoms in total. The Kier molecular flexibility index (Phi) is 5.92. The number of para-hydroxylation sites is 1. The fraction of sp³-hybridized carbons (Fsp3) is 0.409. The van der Waals surface area contributed by atoms with Gasteiger partial charge in [0.05, 0.1) is 5.69 Å². The molecule has 4 heteroatoms. The molecule has 4 rings (SSSR count). The Labute approximate surface area is 161 Å². The standard InChI is InChI=1S/C22H27N3S/c1-2-10-21(11-3-1)23-22(26-17-16-24-13-6-7-14-24)25-15-12-19-8-4-5-9-20(19)18-25/h1-5,8-11H,6-7,12-18H2. The number of amidine groups is 1. The van der Waals surface area contributed by atoms with E-state index in [1.54, 1.807) is 0 Å². The lowest BCUT2D eigenvalue weighted by atomic mass is 10.0. The van der Waals surface area contributed by atoms with Crippen LogP contribution in [-0.2, 0) is 13.0 Å². The van der Waals surface area contributed by atoms with Crippen LogP contribution in [0.4, 0.5) is 5.69 Å². The van der Waals surface area contributed by atoms with Gasteiger partial charge >= 0.3 is 0 Å². The smallest absolute Gasteiger partial charge is 0.164 e. The number of nitrogens with zero attached hydrogens (tertiary/aromatic N) is 3. The number of aliphatic imine (C=N–C) groups is 1. The average Bonchev–Trinajstić information content (AvgIpc) is 3.21. The summed E-state index contributed by atoms with van der Waals surface area (Å²) in [6, 6.07) is 19.2. The molecule has 0 aliphatic carbocycles. The lowest BCUT2D eigenvalue weighted by Crippen LogP contribution is -2.35. The van der Waals surface area contributed by atoms with Crippen molar-refractivity contribution in [2.45, 2.75) is 25.8 Å². The van der Waals surface area contributed by atoms with Crippen molar-refractivity contribution in [3.8, 4) is 0 Å². The van der Waals surface area contributed by atoms with Crippen molar-refractivity contribution < 1.29 is 0 Å². The first-order valence-electron chi connectivity index (χ1n) is 9.69. The summed E-state index contributed by atoms with van der Waals surface area (Å²) >= 11 is 1.92. The molecule has 2 aromatic rings. The molecular weight excluding hydrogens is 338 g/mol. The van der Waals surface area contributed by atoms with Crippen molar-refractivity contribution in [3.63, 3.8) is 0 Å². The monoisotopic (exact) mass is 365 g/mol. The van der Waals surface area contributed by atoms with Crippen LogP contribution in [0.1, 0.15) is 24.0 Å². The van der Waals surface area contributed by atoms with Gasteiger partial charge in [0, 0.05) is 25.4 Å². The molecule has 0 radical (unpaired) electrons. The number of hydrogen-bond acceptors (Lipinski definition) is 3. The minimum Gasteiger partial charge on any atom is -0.347 e. The van der Waals surface area contributed by atoms with Crippen molar-refractivity contribution in [3.05, 3.63) is 65.7 Å². The molecule has 0 N–H and O–H groups in total. The largest absolute Gasteiger partial charge is 0.347 e. The van der Waals surface area contributed by atoms with E-state index in [0.29, 0.717) is 0 Å². The second kappa shape index (κ2) is 8.74. The van der Waals surface area contributed by atoms with E-state index in [1.165, 1.54) is 48.8 Å². The van der Waals surface area contributed by atoms with Crippen molar-refractivity contribution in [1.29, 1.82) is 0 Å². The zero-order valence-corrected chi connectivity index (χ0v) is 16.1. The van der Waals surface area contributed by atoms with E-state index in [4.69, 9.17) is 4.99 Å². The third kappa shape index (κ3) is 4.49. The van der Waals surface area contributed by atoms with Crippen LogP contribution >= 0.6 is 11.8 Å². The fourth-order valence-electron chi connectivity index (χ4n) is 3.74. The number of benzene rings is 2. The quantitative estimate of drug-likeness (QED) is 0.585. The molecule has 1 fully saturated rings. The summed E-state index contributed by atoms with van der Waals surface area (Å²) in [4.78, 5) is 10.1. The third-order valence-electron chi connectivity index (χ3n) is 5.22. The maximum Gasteiger partial charge on any atom is 0.164 e. The van der Waals surface area contributed by atoms with Crippen molar-refractivity contribution in [1.82, 2.24) is 9.80 Å². The molecule has 2 aromatic carbocycles. The fourth-order valence-corrected chi connectivity index (χ4v) is 4.78. The minimum absolute atomic E-state index is 0.971. The average molecular weight is 366 g/mol. The Hall–Kier alpha value is -1.78. The van der Waals surface area contributed by atoms with Gasteiger partial charge in [-0.25, -0.2) is 4.99 Å². The highest BCUT2D eigenvalue weighted by Gasteiger charge is 2.20. The summed E-state index contributed by atoms with van der Waals surface area (Å²) in [7, 11) is 0. The third-order valence-corrected chi connectivity index (χ3v) is 6.21. The molecule has 26 heavy (non-hydrogen) atoms. The number of hydrogen-bond donors (Lipinski definition) is 0. The number of thioether (sulfide) groups is 1. The zero-order chi connectivity index (χ0) is 17.6. The predicted molar refractivity (Wildman–Crippen MR) is 112 cm³/mol. The van der Waals surface area contributed by atoms with Crippen LogP contribution in [0.2, 0.25) is 0 Å². The molecule has 2 aliphatic heterocycles. The second-order valence-corrected chi connectivity index (χ2v) is 8.13. The van der Waals surface area contributed by atoms with Gasteiger partial charge in [-0.05, 0) is 55.6 Å². The van der Waals surface area contributed by atoms with Gasteiger partial charge in [-0.1, -0.05) is 54.2 Å². The van der Waals surface area contributed by atoms with Gasteiger partial charge < -0.3 is 9.80 Å². The van der Waals surface area contributed by atoms with Gasteiger partial charge in [-0.3, -0.25) is 0 Å². The van der Waals surface area contributed by atoms with Crippen molar-refractivity contribution in [2.24, 2.45) is 4.99 Å². The van der Waals surface area contributed by atoms with E-state index in [1.807, 2.05) is 11.8 Å². The molecule has 1 saturated heterocycles. The van der Waals surface area contributed by atoms with Gasteiger partial charge in [0.25, 0.3) is 0 Å². The van der Waals surface area contributed by atoms with Gasteiger partial charge in [0.2, 0.25) is 0 Å². The second-order valence-electron chi connectivity index (χ2n) is 7.07. The van der Waals surface area contributed by atoms with Crippen LogP contribution in [0.5, 0.6) is 0 Å². The van der Waals surface area contributed by atoms with E-state index in [2.05, 4.69) is 64.4 Å². The van der Waals surface area contributed by atoms with Crippen LogP contribution in [0.3, 0.4) is 0 Å². The first-order valence-corrected chi connectivity index (χ1v) is 10.7. The molecule has 0 aromatic heterocycles. The molecule has 0 amide bonds. The zero-order valence-electron chi connectivity index (χ0n) is 15.3. The van der Waals surface area contributed by atoms with E-state index in [0.717, 1.165) is 31.0 Å². The Morgan fingerprint density at radius 3 is 2.42 bits per heavy atom. The van der Waals surface area contributed by atoms with Crippen LogP contribution in [0, 0.1) is 0 Å². The van der Waals surface area contributed by atoms with Gasteiger partial charge in [0.15, 0.2) is 5.17 Å². The van der Waals surface area contributed by atoms with E-state index < -0.39 is 0 Å². The predicted octanol–water partition coefficient (Wildman–Crippen LogP) is 4.56. The molecule has 136 valence electrons. The minimum atomic E-state index is 0.971. The summed E-state index contributed by atoms with van der Waals surface area (Å²) in [5, 5.41) is 1.17. The topological polar surface area (TPSA) is 18.8 Å². The van der Waals surface area contributed by atoms with Crippen LogP contribution in [0.25, 0.3) is 0 Å². The van der Waals surface area contributed by atoms with Crippen molar-refractivity contribution >= 4 is 22.6 Å². The normalized spacial score (nSPS) is 18.2. The molecule has 0 unspecified atom stereocenters. The number of fused-ring (bicyclic) bond motifs is 1. The Morgan fingerprint density at radius 2 is 1.62 bits per heavy atom. The van der Waals surface area contributed by atoms with Crippen molar-refractivity contribution in [2.75, 3.05) is 31.9 Å². The maximum atomic E-state index is 5.01. The maximum absolute atomic E-state index is 5.01. The molecule has 2 aliphatic rings. The number of likely N-dealkylation sites (tertiary alicyclic amines) is 1. The lowest BCUT2D eigenvalue weighted by Gasteiger charge is -2.31. The van der Waals surface area contributed by atoms with Gasteiger partial charge in [-0.15, -0.1) is 0 Å². The lowest BCUT2D eigenvalue weighted by molar-refractivity contribution is 0.362. The first-order chi connectivity index (χ1) is 12.9. The summed E-state index contributed by atoms with van der Waals surface area (Å²) in [5.74, 6) is 1.11. The van der Waals surface area contributed by atoms with Gasteiger partial charge in [-0.2, -0.15) is 0 Å². The molecule has 0 spiro atoms. The molecular formula is C22H27N3S. The number of rotatable bonds is 4. The SMILES string of the molecule is c1ccc(N=C(SCCN2CCCC2)N2CCc3ccccc3C2)cc1. The summed E-state index contributed by atoms with van der Waals surface area (Å²) < 4.78 is 0. The highest BCUT2D eigenvalue weighted by molar-refractivity contribution is 8.13. The highest BCUT2D eigenvalue weighted by atomic mass is 32.2. The Balaban J connectivity index is 1.48. The van der Waals surface area contributed by atoms with Crippen LogP contribution in [0.15, 0.2) is 59.6 Å². The molecule has 0 atom stereocenters. The summed E-state index contributed by atoms with van der Waals surface area (Å²) in [6.07, 6.45) is 3.83.